The van der Waals surface area contributed by atoms with E-state index in [2.05, 4.69) is 11.8 Å². The van der Waals surface area contributed by atoms with E-state index in [9.17, 15) is 4.79 Å². The minimum Gasteiger partial charge on any atom is -0.494 e. The van der Waals surface area contributed by atoms with Crippen molar-refractivity contribution in [2.24, 2.45) is 0 Å². The van der Waals surface area contributed by atoms with Crippen LogP contribution in [0.25, 0.3) is 0 Å². The number of hydrogen-bond donors (Lipinski definition) is 0. The number of likely N-dealkylation sites (tertiary alicyclic amines) is 1. The first-order valence-electron chi connectivity index (χ1n) is 7.39. The maximum Gasteiger partial charge on any atom is 0.292 e. The molecule has 20 heavy (non-hydrogen) atoms. The molecule has 3 aliphatic rings. The van der Waals surface area contributed by atoms with Crippen LogP contribution in [0.4, 0.5) is 0 Å². The second kappa shape index (κ2) is 6.01. The molecule has 1 amide bonds. The number of ether oxygens (including phenoxy) is 3. The molecule has 2 atom stereocenters. The van der Waals surface area contributed by atoms with Crippen LogP contribution in [0, 0.1) is 0 Å². The van der Waals surface area contributed by atoms with Crippen LogP contribution in [-0.2, 0) is 19.0 Å². The van der Waals surface area contributed by atoms with Crippen molar-refractivity contribution < 1.29 is 19.0 Å². The first-order chi connectivity index (χ1) is 9.79. The van der Waals surface area contributed by atoms with Gasteiger partial charge in [-0.2, -0.15) is 0 Å². The highest BCUT2D eigenvalue weighted by Gasteiger charge is 2.40. The lowest BCUT2D eigenvalue weighted by atomic mass is 9.98. The van der Waals surface area contributed by atoms with Crippen molar-refractivity contribution in [3.05, 3.63) is 12.0 Å². The first-order valence-corrected chi connectivity index (χ1v) is 7.39. The Hall–Kier alpha value is -1.27. The first kappa shape index (κ1) is 13.7. The largest absolute Gasteiger partial charge is 0.494 e. The normalized spacial score (nSPS) is 30.9. The lowest BCUT2D eigenvalue weighted by Gasteiger charge is -2.46. The highest BCUT2D eigenvalue weighted by atomic mass is 16.6. The summed E-state index contributed by atoms with van der Waals surface area (Å²) in [6.07, 6.45) is 2.52. The van der Waals surface area contributed by atoms with E-state index in [1.807, 2.05) is 4.90 Å². The maximum atomic E-state index is 12.5. The maximum absolute atomic E-state index is 12.5. The highest BCUT2D eigenvalue weighted by molar-refractivity contribution is 5.91. The Labute approximate surface area is 119 Å². The fourth-order valence-corrected chi connectivity index (χ4v) is 3.12. The number of hydrogen-bond acceptors (Lipinski definition) is 5. The second-order valence-corrected chi connectivity index (χ2v) is 5.36. The number of carbonyl (C=O) groups is 1. The average Bonchev–Trinajstić information content (AvgIpc) is 2.54. The third-order valence-corrected chi connectivity index (χ3v) is 4.24. The number of nitrogens with zero attached hydrogens (tertiary/aromatic N) is 2. The predicted octanol–water partition coefficient (Wildman–Crippen LogP) is 0.196. The van der Waals surface area contributed by atoms with Gasteiger partial charge in [-0.3, -0.25) is 4.79 Å². The molecule has 2 saturated heterocycles. The Morgan fingerprint density at radius 3 is 3.00 bits per heavy atom. The molecule has 0 aromatic rings. The van der Waals surface area contributed by atoms with Gasteiger partial charge in [-0.05, 0) is 13.0 Å². The predicted molar refractivity (Wildman–Crippen MR) is 72.0 cm³/mol. The third-order valence-electron chi connectivity index (χ3n) is 4.24. The Balaban J connectivity index is 1.70. The van der Waals surface area contributed by atoms with E-state index in [0.29, 0.717) is 32.1 Å². The molecule has 6 nitrogen and oxygen atoms in total. The summed E-state index contributed by atoms with van der Waals surface area (Å²) in [5.74, 6) is 0.266. The van der Waals surface area contributed by atoms with E-state index < -0.39 is 0 Å². The number of rotatable bonds is 2. The molecule has 0 aromatic carbocycles. The zero-order valence-corrected chi connectivity index (χ0v) is 11.9. The minimum atomic E-state index is -0.0621. The monoisotopic (exact) mass is 282 g/mol. The van der Waals surface area contributed by atoms with Crippen LogP contribution in [0.5, 0.6) is 0 Å². The summed E-state index contributed by atoms with van der Waals surface area (Å²) in [6.45, 7) is 7.29. The molecule has 3 heterocycles. The molecule has 0 spiro atoms. The summed E-state index contributed by atoms with van der Waals surface area (Å²) in [5.41, 5.74) is 0. The van der Waals surface area contributed by atoms with E-state index in [0.717, 1.165) is 26.1 Å². The van der Waals surface area contributed by atoms with Gasteiger partial charge < -0.3 is 24.0 Å². The van der Waals surface area contributed by atoms with Crippen LogP contribution >= 0.6 is 0 Å². The van der Waals surface area contributed by atoms with Crippen LogP contribution in [-0.4, -0.2) is 73.9 Å². The topological polar surface area (TPSA) is 51.2 Å². The van der Waals surface area contributed by atoms with Crippen LogP contribution < -0.4 is 0 Å². The van der Waals surface area contributed by atoms with Crippen molar-refractivity contribution in [1.29, 1.82) is 0 Å². The molecule has 3 rings (SSSR count). The molecule has 0 saturated carbocycles. The number of piperidine rings is 1. The number of fused-ring (bicyclic) bond motifs is 1. The lowest BCUT2D eigenvalue weighted by molar-refractivity contribution is -0.153. The van der Waals surface area contributed by atoms with E-state index in [4.69, 9.17) is 14.2 Å². The second-order valence-electron chi connectivity index (χ2n) is 5.36. The molecule has 0 N–H and O–H groups in total. The summed E-state index contributed by atoms with van der Waals surface area (Å²) < 4.78 is 16.5. The van der Waals surface area contributed by atoms with Gasteiger partial charge in [-0.25, -0.2) is 0 Å². The van der Waals surface area contributed by atoms with Crippen LogP contribution in [0.3, 0.4) is 0 Å². The van der Waals surface area contributed by atoms with Gasteiger partial charge in [0.2, 0.25) is 5.76 Å². The van der Waals surface area contributed by atoms with Crippen molar-refractivity contribution in [3.8, 4) is 0 Å². The third kappa shape index (κ3) is 2.62. The molecule has 0 unspecified atom stereocenters. The summed E-state index contributed by atoms with van der Waals surface area (Å²) >= 11 is 0. The fraction of sp³-hybridized carbons (Fsp3) is 0.786. The van der Waals surface area contributed by atoms with Gasteiger partial charge >= 0.3 is 0 Å². The van der Waals surface area contributed by atoms with Crippen LogP contribution in [0.15, 0.2) is 12.0 Å². The van der Waals surface area contributed by atoms with Crippen molar-refractivity contribution in [2.45, 2.75) is 25.5 Å². The van der Waals surface area contributed by atoms with Gasteiger partial charge in [-0.1, -0.05) is 6.92 Å². The minimum absolute atomic E-state index is 0.0621. The molecule has 6 heteroatoms. The molecule has 0 aromatic heterocycles. The van der Waals surface area contributed by atoms with Crippen molar-refractivity contribution in [1.82, 2.24) is 9.80 Å². The molecular weight excluding hydrogens is 260 g/mol. The lowest BCUT2D eigenvalue weighted by Crippen LogP contribution is -2.61. The van der Waals surface area contributed by atoms with E-state index >= 15 is 0 Å². The van der Waals surface area contributed by atoms with Gasteiger partial charge in [0.1, 0.15) is 19.5 Å². The fourth-order valence-electron chi connectivity index (χ4n) is 3.12. The molecule has 0 aliphatic carbocycles. The molecule has 2 fully saturated rings. The van der Waals surface area contributed by atoms with E-state index in [-0.39, 0.29) is 18.1 Å². The highest BCUT2D eigenvalue weighted by Crippen LogP contribution is 2.25. The smallest absolute Gasteiger partial charge is 0.292 e. The number of likely N-dealkylation sites (N-methyl/N-ethyl adjacent to an activating group) is 1. The summed E-state index contributed by atoms with van der Waals surface area (Å²) in [6, 6.07) is 0.158. The molecule has 0 bridgehead atoms. The number of carbonyl (C=O) groups excluding carboxylic acids is 1. The zero-order valence-electron chi connectivity index (χ0n) is 11.9. The molecule has 112 valence electrons. The average molecular weight is 282 g/mol. The summed E-state index contributed by atoms with van der Waals surface area (Å²) in [7, 11) is 0. The van der Waals surface area contributed by atoms with Crippen LogP contribution in [0.1, 0.15) is 13.3 Å². The van der Waals surface area contributed by atoms with Gasteiger partial charge in [0, 0.05) is 19.6 Å². The van der Waals surface area contributed by atoms with Gasteiger partial charge in [0.15, 0.2) is 0 Å². The Morgan fingerprint density at radius 2 is 2.25 bits per heavy atom. The standard InChI is InChI=1S/C14H22N2O4/c1-2-15-4-3-11-12(9-15)19-6-5-16(11)14(17)13-10-18-7-8-20-13/h10-12H,2-9H2,1H3/t11-,12-/m0/s1. The Morgan fingerprint density at radius 1 is 1.35 bits per heavy atom. The SMILES string of the molecule is CCN1CC[C@H]2[C@H](C1)OCCN2C(=O)C1=COCCO1. The zero-order chi connectivity index (χ0) is 13.9. The van der Waals surface area contributed by atoms with Crippen molar-refractivity contribution in [2.75, 3.05) is 46.0 Å². The number of morpholine rings is 1. The Kier molecular flexibility index (Phi) is 4.12. The van der Waals surface area contributed by atoms with Crippen molar-refractivity contribution in [3.63, 3.8) is 0 Å². The van der Waals surface area contributed by atoms with Gasteiger partial charge in [-0.15, -0.1) is 0 Å². The summed E-state index contributed by atoms with van der Waals surface area (Å²) in [5, 5.41) is 0. The quantitative estimate of drug-likeness (QED) is 0.724. The van der Waals surface area contributed by atoms with Crippen molar-refractivity contribution >= 4 is 5.91 Å². The Bertz CT molecular complexity index is 399. The van der Waals surface area contributed by atoms with E-state index in [1.54, 1.807) is 0 Å². The van der Waals surface area contributed by atoms with Gasteiger partial charge in [0.25, 0.3) is 5.91 Å². The molecule has 3 aliphatic heterocycles. The van der Waals surface area contributed by atoms with Crippen LogP contribution in [0.2, 0.25) is 0 Å². The number of amides is 1. The van der Waals surface area contributed by atoms with Gasteiger partial charge in [0.05, 0.1) is 18.8 Å². The summed E-state index contributed by atoms with van der Waals surface area (Å²) in [4.78, 5) is 16.8. The van der Waals surface area contributed by atoms with E-state index in [1.165, 1.54) is 6.26 Å². The molecule has 0 radical (unpaired) electrons. The molecular formula is C14H22N2O4.